The molecule has 0 fully saturated rings. The molecule has 0 heterocycles. The Bertz CT molecular complexity index is 138. The number of nitrogens with two attached hydrogens (primary N) is 1. The first-order chi connectivity index (χ1) is 5.49. The van der Waals surface area contributed by atoms with Gasteiger partial charge < -0.3 is 0 Å². The van der Waals surface area contributed by atoms with Gasteiger partial charge in [-0.15, -0.1) is 0 Å². The molecule has 0 saturated heterocycles. The Kier molecular flexibility index (Phi) is 5.12. The van der Waals surface area contributed by atoms with Crippen LogP contribution in [0.1, 0.15) is 27.7 Å². The second-order valence-electron chi connectivity index (χ2n) is 3.18. The largest absolute Gasteiger partial charge is 0.300 e. The van der Waals surface area contributed by atoms with Crippen molar-refractivity contribution in [3.8, 4) is 0 Å². The molecule has 0 spiro atoms. The van der Waals surface area contributed by atoms with E-state index in [9.17, 15) is 0 Å². The Labute approximate surface area is 79.4 Å². The van der Waals surface area contributed by atoms with Gasteiger partial charge in [-0.3, -0.25) is 10.9 Å². The summed E-state index contributed by atoms with van der Waals surface area (Å²) in [5.41, 5.74) is 5.38. The van der Waals surface area contributed by atoms with Gasteiger partial charge in [-0.25, -0.2) is 10.9 Å². The van der Waals surface area contributed by atoms with E-state index in [1.165, 1.54) is 0 Å². The predicted octanol–water partition coefficient (Wildman–Crippen LogP) is 0.358. The first kappa shape index (κ1) is 11.6. The third-order valence-electron chi connectivity index (χ3n) is 1.47. The summed E-state index contributed by atoms with van der Waals surface area (Å²) in [6.45, 7) is 8.36. The molecule has 5 heteroatoms. The standard InChI is InChI=1S/C7H18N4S/c1-5(2)11(6(3)4)10-7(12)9-8/h5-6H,8H2,1-4H3,(H2,9,10,12). The van der Waals surface area contributed by atoms with Gasteiger partial charge >= 0.3 is 0 Å². The van der Waals surface area contributed by atoms with Crippen LogP contribution >= 0.6 is 12.2 Å². The molecule has 72 valence electrons. The predicted molar refractivity (Wildman–Crippen MR) is 55.2 cm³/mol. The van der Waals surface area contributed by atoms with Gasteiger partial charge in [0.1, 0.15) is 0 Å². The zero-order chi connectivity index (χ0) is 9.72. The summed E-state index contributed by atoms with van der Waals surface area (Å²) in [5.74, 6) is 5.14. The van der Waals surface area contributed by atoms with Crippen LogP contribution in [0.15, 0.2) is 0 Å². The number of hydrazine groups is 2. The number of nitrogens with one attached hydrogen (secondary N) is 2. The second kappa shape index (κ2) is 5.29. The molecular formula is C7H18N4S. The van der Waals surface area contributed by atoms with Crippen LogP contribution in [0.2, 0.25) is 0 Å². The molecule has 4 nitrogen and oxygen atoms in total. The van der Waals surface area contributed by atoms with E-state index in [2.05, 4.69) is 38.5 Å². The van der Waals surface area contributed by atoms with E-state index < -0.39 is 0 Å². The van der Waals surface area contributed by atoms with Crippen LogP contribution in [0, 0.1) is 0 Å². The fourth-order valence-corrected chi connectivity index (χ4v) is 1.11. The zero-order valence-electron chi connectivity index (χ0n) is 8.09. The molecule has 0 aliphatic rings. The Morgan fingerprint density at radius 2 is 1.67 bits per heavy atom. The zero-order valence-corrected chi connectivity index (χ0v) is 8.90. The normalized spacial score (nSPS) is 11.0. The summed E-state index contributed by atoms with van der Waals surface area (Å²) in [6, 6.07) is 0.771. The average Bonchev–Trinajstić information content (AvgIpc) is 1.98. The van der Waals surface area contributed by atoms with Crippen molar-refractivity contribution in [3.63, 3.8) is 0 Å². The Morgan fingerprint density at radius 1 is 1.25 bits per heavy atom. The Balaban J connectivity index is 4.05. The van der Waals surface area contributed by atoms with E-state index in [0.717, 1.165) is 0 Å². The van der Waals surface area contributed by atoms with E-state index in [0.29, 0.717) is 17.2 Å². The molecule has 0 unspecified atom stereocenters. The van der Waals surface area contributed by atoms with Crippen molar-refractivity contribution < 1.29 is 0 Å². The van der Waals surface area contributed by atoms with Crippen molar-refractivity contribution in [2.75, 3.05) is 0 Å². The summed E-state index contributed by atoms with van der Waals surface area (Å²) in [6.07, 6.45) is 0. The first-order valence-corrected chi connectivity index (χ1v) is 4.45. The van der Waals surface area contributed by atoms with Crippen LogP contribution < -0.4 is 16.7 Å². The van der Waals surface area contributed by atoms with Gasteiger partial charge in [0.2, 0.25) is 0 Å². The molecular weight excluding hydrogens is 172 g/mol. The molecule has 0 aromatic carbocycles. The van der Waals surface area contributed by atoms with Crippen LogP contribution in [0.4, 0.5) is 0 Å². The van der Waals surface area contributed by atoms with Crippen LogP contribution in [-0.4, -0.2) is 22.2 Å². The number of hydrogen-bond donors (Lipinski definition) is 3. The Morgan fingerprint density at radius 3 is 1.92 bits per heavy atom. The van der Waals surface area contributed by atoms with E-state index in [4.69, 9.17) is 18.1 Å². The van der Waals surface area contributed by atoms with Gasteiger partial charge in [0.05, 0.1) is 0 Å². The molecule has 0 aromatic heterocycles. The topological polar surface area (TPSA) is 53.3 Å². The number of thiocarbonyl (C=S) groups is 1. The molecule has 4 N–H and O–H groups in total. The monoisotopic (exact) mass is 190 g/mol. The molecule has 0 amide bonds. The summed E-state index contributed by atoms with van der Waals surface area (Å²) < 4.78 is 0. The highest BCUT2D eigenvalue weighted by atomic mass is 32.1. The summed E-state index contributed by atoms with van der Waals surface area (Å²) in [7, 11) is 0. The lowest BCUT2D eigenvalue weighted by atomic mass is 10.3. The van der Waals surface area contributed by atoms with Crippen molar-refractivity contribution in [1.29, 1.82) is 0 Å². The number of rotatable bonds is 3. The van der Waals surface area contributed by atoms with Gasteiger partial charge in [-0.2, -0.15) is 0 Å². The van der Waals surface area contributed by atoms with Crippen LogP contribution in [0.5, 0.6) is 0 Å². The number of nitrogens with zero attached hydrogens (tertiary/aromatic N) is 1. The third-order valence-corrected chi connectivity index (χ3v) is 1.68. The minimum atomic E-state index is 0.385. The maximum Gasteiger partial charge on any atom is 0.195 e. The molecule has 12 heavy (non-hydrogen) atoms. The first-order valence-electron chi connectivity index (χ1n) is 4.04. The summed E-state index contributed by atoms with van der Waals surface area (Å²) in [5, 5.41) is 2.47. The van der Waals surface area contributed by atoms with E-state index >= 15 is 0 Å². The molecule has 0 aromatic rings. The average molecular weight is 190 g/mol. The van der Waals surface area contributed by atoms with Crippen LogP contribution in [0.3, 0.4) is 0 Å². The molecule has 0 aliphatic heterocycles. The minimum absolute atomic E-state index is 0.385. The highest BCUT2D eigenvalue weighted by molar-refractivity contribution is 7.80. The maximum atomic E-state index is 5.14. The van der Waals surface area contributed by atoms with Gasteiger partial charge in [0.25, 0.3) is 0 Å². The fraction of sp³-hybridized carbons (Fsp3) is 0.857. The summed E-state index contributed by atoms with van der Waals surface area (Å²) >= 11 is 4.88. The van der Waals surface area contributed by atoms with Gasteiger partial charge in [0.15, 0.2) is 5.11 Å². The van der Waals surface area contributed by atoms with E-state index in [-0.39, 0.29) is 0 Å². The molecule has 0 radical (unpaired) electrons. The van der Waals surface area contributed by atoms with Crippen molar-refractivity contribution >= 4 is 17.3 Å². The molecule has 0 rings (SSSR count). The van der Waals surface area contributed by atoms with E-state index in [1.54, 1.807) is 0 Å². The van der Waals surface area contributed by atoms with Gasteiger partial charge in [-0.05, 0) is 39.9 Å². The van der Waals surface area contributed by atoms with Crippen molar-refractivity contribution in [1.82, 2.24) is 15.9 Å². The maximum absolute atomic E-state index is 5.14. The lowest BCUT2D eigenvalue weighted by Crippen LogP contribution is -2.54. The molecule has 0 aliphatic carbocycles. The third kappa shape index (κ3) is 3.85. The second-order valence-corrected chi connectivity index (χ2v) is 3.59. The SMILES string of the molecule is CC(C)N(NC(=S)NN)C(C)C. The van der Waals surface area contributed by atoms with Crippen molar-refractivity contribution in [3.05, 3.63) is 0 Å². The highest BCUT2D eigenvalue weighted by Crippen LogP contribution is 1.99. The lowest BCUT2D eigenvalue weighted by molar-refractivity contribution is 0.139. The fourth-order valence-electron chi connectivity index (χ4n) is 1.00. The van der Waals surface area contributed by atoms with Gasteiger partial charge in [-0.1, -0.05) is 0 Å². The van der Waals surface area contributed by atoms with E-state index in [1.807, 2.05) is 5.01 Å². The highest BCUT2D eigenvalue weighted by Gasteiger charge is 2.13. The van der Waals surface area contributed by atoms with Gasteiger partial charge in [0, 0.05) is 12.1 Å². The molecule has 0 atom stereocenters. The lowest BCUT2D eigenvalue weighted by Gasteiger charge is -2.31. The van der Waals surface area contributed by atoms with Crippen LogP contribution in [0.25, 0.3) is 0 Å². The summed E-state index contributed by atoms with van der Waals surface area (Å²) in [4.78, 5) is 0. The Hall–Kier alpha value is -0.390. The smallest absolute Gasteiger partial charge is 0.195 e. The van der Waals surface area contributed by atoms with Crippen molar-refractivity contribution in [2.45, 2.75) is 39.8 Å². The molecule has 0 saturated carbocycles. The van der Waals surface area contributed by atoms with Crippen molar-refractivity contribution in [2.24, 2.45) is 5.84 Å². The molecule has 0 bridgehead atoms. The van der Waals surface area contributed by atoms with Crippen LogP contribution in [-0.2, 0) is 0 Å². The number of hydrogen-bond acceptors (Lipinski definition) is 3. The quantitative estimate of drug-likeness (QED) is 0.341. The minimum Gasteiger partial charge on any atom is -0.300 e.